The number of benzene rings is 2. The molecule has 0 saturated carbocycles. The first kappa shape index (κ1) is 21.3. The van der Waals surface area contributed by atoms with Crippen molar-refractivity contribution in [3.63, 3.8) is 0 Å². The predicted molar refractivity (Wildman–Crippen MR) is 107 cm³/mol. The van der Waals surface area contributed by atoms with Crippen molar-refractivity contribution in [2.75, 3.05) is 5.01 Å². The van der Waals surface area contributed by atoms with E-state index < -0.39 is 23.2 Å². The van der Waals surface area contributed by atoms with Crippen LogP contribution >= 0.6 is 0 Å². The van der Waals surface area contributed by atoms with Gasteiger partial charge in [0.25, 0.3) is 11.5 Å². The van der Waals surface area contributed by atoms with E-state index in [4.69, 9.17) is 11.6 Å². The summed E-state index contributed by atoms with van der Waals surface area (Å²) in [7, 11) is 0. The number of aromatic nitrogens is 1. The maximum atomic E-state index is 13.1. The third-order valence-electron chi connectivity index (χ3n) is 4.61. The smallest absolute Gasteiger partial charge is 0.326 e. The third-order valence-corrected chi connectivity index (χ3v) is 4.61. The van der Waals surface area contributed by atoms with Crippen LogP contribution in [0.25, 0.3) is 5.69 Å². The topological polar surface area (TPSA) is 94.3 Å². The molecule has 2 aromatic carbocycles. The van der Waals surface area contributed by atoms with Gasteiger partial charge in [-0.3, -0.25) is 14.2 Å². The van der Waals surface area contributed by atoms with Crippen LogP contribution in [0, 0.1) is 6.92 Å². The molecular formula is C21H19F3N4O2. The Kier molecular flexibility index (Phi) is 5.77. The van der Waals surface area contributed by atoms with E-state index in [0.717, 1.165) is 27.3 Å². The number of alkyl halides is 3. The number of nitrogens with two attached hydrogens (primary N) is 2. The summed E-state index contributed by atoms with van der Waals surface area (Å²) in [5.41, 5.74) is 5.14. The highest BCUT2D eigenvalue weighted by molar-refractivity contribution is 6.05. The molecule has 9 heteroatoms. The first-order valence-electron chi connectivity index (χ1n) is 8.92. The predicted octanol–water partition coefficient (Wildman–Crippen LogP) is 3.14. The van der Waals surface area contributed by atoms with Crippen LogP contribution in [-0.2, 0) is 12.7 Å². The first-order valence-corrected chi connectivity index (χ1v) is 8.92. The van der Waals surface area contributed by atoms with Crippen molar-refractivity contribution in [2.45, 2.75) is 19.6 Å². The first-order chi connectivity index (χ1) is 14.1. The Bertz CT molecular complexity index is 1140. The van der Waals surface area contributed by atoms with Gasteiger partial charge in [-0.1, -0.05) is 18.2 Å². The van der Waals surface area contributed by atoms with E-state index in [2.05, 4.69) is 0 Å². The summed E-state index contributed by atoms with van der Waals surface area (Å²) in [5, 5.41) is 0.808. The number of hydrogen-bond acceptors (Lipinski definition) is 4. The second-order valence-corrected chi connectivity index (χ2v) is 6.62. The van der Waals surface area contributed by atoms with Crippen molar-refractivity contribution >= 4 is 11.6 Å². The molecule has 3 aromatic rings. The Hall–Kier alpha value is -3.43. The molecule has 0 aliphatic heterocycles. The lowest BCUT2D eigenvalue weighted by Gasteiger charge is -2.18. The summed E-state index contributed by atoms with van der Waals surface area (Å²) < 4.78 is 40.3. The number of hydrogen-bond donors (Lipinski definition) is 2. The number of nitrogens with zero attached hydrogens (tertiary/aromatic N) is 2. The molecule has 0 aliphatic rings. The fraction of sp³-hybridized carbons (Fsp3) is 0.143. The molecule has 0 radical (unpaired) electrons. The number of hydrazine groups is 1. The lowest BCUT2D eigenvalue weighted by molar-refractivity contribution is -0.137. The molecule has 0 saturated heterocycles. The van der Waals surface area contributed by atoms with E-state index in [1.807, 2.05) is 0 Å². The Balaban J connectivity index is 2.04. The van der Waals surface area contributed by atoms with Gasteiger partial charge in [-0.15, -0.1) is 0 Å². The molecular weight excluding hydrogens is 397 g/mol. The Morgan fingerprint density at radius 3 is 2.33 bits per heavy atom. The molecule has 0 atom stereocenters. The summed E-state index contributed by atoms with van der Waals surface area (Å²) in [6.45, 7) is 1.88. The fourth-order valence-corrected chi connectivity index (χ4v) is 2.98. The number of carbonyl (C=O) groups is 1. The average molecular weight is 416 g/mol. The minimum Gasteiger partial charge on any atom is -0.326 e. The summed E-state index contributed by atoms with van der Waals surface area (Å²) in [5.74, 6) is 5.10. The number of anilines is 1. The summed E-state index contributed by atoms with van der Waals surface area (Å²) in [6.07, 6.45) is -4.56. The zero-order valence-electron chi connectivity index (χ0n) is 16.0. The maximum Gasteiger partial charge on any atom is 0.416 e. The van der Waals surface area contributed by atoms with Gasteiger partial charge >= 0.3 is 6.18 Å². The van der Waals surface area contributed by atoms with Crippen molar-refractivity contribution in [1.29, 1.82) is 0 Å². The zero-order valence-corrected chi connectivity index (χ0v) is 16.0. The Morgan fingerprint density at radius 1 is 1.07 bits per heavy atom. The molecule has 1 amide bonds. The second-order valence-electron chi connectivity index (χ2n) is 6.62. The van der Waals surface area contributed by atoms with Gasteiger partial charge in [0.2, 0.25) is 0 Å². The third kappa shape index (κ3) is 4.12. The molecule has 0 unspecified atom stereocenters. The molecule has 4 N–H and O–H groups in total. The number of halogens is 3. The minimum atomic E-state index is -4.56. The molecule has 0 fully saturated rings. The number of carbonyl (C=O) groups excluding carboxylic acids is 1. The van der Waals surface area contributed by atoms with Crippen LogP contribution in [0.1, 0.15) is 27.2 Å². The van der Waals surface area contributed by atoms with Gasteiger partial charge in [0, 0.05) is 17.9 Å². The van der Waals surface area contributed by atoms with Crippen LogP contribution in [-0.4, -0.2) is 10.5 Å². The fourth-order valence-electron chi connectivity index (χ4n) is 2.98. The molecule has 0 bridgehead atoms. The highest BCUT2D eigenvalue weighted by atomic mass is 19.4. The molecule has 6 nitrogen and oxygen atoms in total. The van der Waals surface area contributed by atoms with Gasteiger partial charge < -0.3 is 5.73 Å². The van der Waals surface area contributed by atoms with Crippen molar-refractivity contribution in [2.24, 2.45) is 11.6 Å². The van der Waals surface area contributed by atoms with Crippen LogP contribution in [0.3, 0.4) is 0 Å². The standard InChI is InChI=1S/C21H19F3N4O2/c1-13-5-10-18(20(30)28(26)16-8-6-14(12-25)7-9-16)19(29)27(13)17-4-2-3-15(11-17)21(22,23)24/h2-11H,12,25-26H2,1H3. The van der Waals surface area contributed by atoms with E-state index in [-0.39, 0.29) is 11.3 Å². The van der Waals surface area contributed by atoms with E-state index in [0.29, 0.717) is 17.9 Å². The molecule has 1 heterocycles. The number of aryl methyl sites for hydroxylation is 1. The maximum absolute atomic E-state index is 13.1. The molecule has 0 aliphatic carbocycles. The molecule has 30 heavy (non-hydrogen) atoms. The Labute approximate surface area is 170 Å². The molecule has 0 spiro atoms. The average Bonchev–Trinajstić information content (AvgIpc) is 2.72. The number of amides is 1. The van der Waals surface area contributed by atoms with E-state index in [1.165, 1.54) is 24.3 Å². The second kappa shape index (κ2) is 8.13. The monoisotopic (exact) mass is 416 g/mol. The van der Waals surface area contributed by atoms with Crippen LogP contribution in [0.15, 0.2) is 65.5 Å². The summed E-state index contributed by atoms with van der Waals surface area (Å²) in [4.78, 5) is 25.8. The molecule has 3 rings (SSSR count). The van der Waals surface area contributed by atoms with Crippen molar-refractivity contribution in [3.8, 4) is 5.69 Å². The van der Waals surface area contributed by atoms with Crippen LogP contribution < -0.4 is 22.1 Å². The van der Waals surface area contributed by atoms with E-state index >= 15 is 0 Å². The van der Waals surface area contributed by atoms with Crippen molar-refractivity contribution in [3.05, 3.63) is 93.4 Å². The SMILES string of the molecule is Cc1ccc(C(=O)N(N)c2ccc(CN)cc2)c(=O)n1-c1cccc(C(F)(F)F)c1. The van der Waals surface area contributed by atoms with Crippen LogP contribution in [0.2, 0.25) is 0 Å². The van der Waals surface area contributed by atoms with Crippen LogP contribution in [0.4, 0.5) is 18.9 Å². The largest absolute Gasteiger partial charge is 0.416 e. The van der Waals surface area contributed by atoms with Gasteiger partial charge in [-0.25, -0.2) is 10.9 Å². The van der Waals surface area contributed by atoms with Crippen LogP contribution in [0.5, 0.6) is 0 Å². The quantitative estimate of drug-likeness (QED) is 0.388. The van der Waals surface area contributed by atoms with Gasteiger partial charge in [-0.05, 0) is 55.0 Å². The van der Waals surface area contributed by atoms with Crippen molar-refractivity contribution < 1.29 is 18.0 Å². The van der Waals surface area contributed by atoms with Gasteiger partial charge in [0.15, 0.2) is 0 Å². The number of pyridine rings is 1. The van der Waals surface area contributed by atoms with Crippen molar-refractivity contribution in [1.82, 2.24) is 4.57 Å². The van der Waals surface area contributed by atoms with E-state index in [9.17, 15) is 22.8 Å². The van der Waals surface area contributed by atoms with Gasteiger partial charge in [0.1, 0.15) is 5.56 Å². The highest BCUT2D eigenvalue weighted by Crippen LogP contribution is 2.30. The minimum absolute atomic E-state index is 0.00200. The highest BCUT2D eigenvalue weighted by Gasteiger charge is 2.31. The van der Waals surface area contributed by atoms with Gasteiger partial charge in [-0.2, -0.15) is 13.2 Å². The lowest BCUT2D eigenvalue weighted by atomic mass is 10.1. The normalized spacial score (nSPS) is 11.4. The Morgan fingerprint density at radius 2 is 1.73 bits per heavy atom. The lowest BCUT2D eigenvalue weighted by Crippen LogP contribution is -2.41. The molecule has 156 valence electrons. The zero-order chi connectivity index (χ0) is 22.1. The van der Waals surface area contributed by atoms with Gasteiger partial charge in [0.05, 0.1) is 11.3 Å². The summed E-state index contributed by atoms with van der Waals surface area (Å²) >= 11 is 0. The summed E-state index contributed by atoms with van der Waals surface area (Å²) in [6, 6.07) is 13.7. The molecule has 1 aromatic heterocycles. The number of rotatable bonds is 4. The van der Waals surface area contributed by atoms with E-state index in [1.54, 1.807) is 31.2 Å².